The van der Waals surface area contributed by atoms with Crippen LogP contribution in [0.15, 0.2) is 95.5 Å². The van der Waals surface area contributed by atoms with Gasteiger partial charge in [0.25, 0.3) is 0 Å². The van der Waals surface area contributed by atoms with E-state index in [-0.39, 0.29) is 11.4 Å². The van der Waals surface area contributed by atoms with Gasteiger partial charge in [-0.2, -0.15) is 10.4 Å². The third-order valence-corrected chi connectivity index (χ3v) is 7.28. The van der Waals surface area contributed by atoms with Crippen molar-refractivity contribution < 1.29 is 4.79 Å². The van der Waals surface area contributed by atoms with Crippen LogP contribution >= 0.6 is 23.1 Å². The minimum atomic E-state index is -0.387. The molecule has 0 bridgehead atoms. The smallest absolute Gasteiger partial charge is 0.232 e. The van der Waals surface area contributed by atoms with Gasteiger partial charge in [0.15, 0.2) is 5.01 Å². The number of Topliss-reactive ketones (excluding diaryl/α,β-unsaturated/α-hetero) is 1. The molecule has 0 saturated heterocycles. The van der Waals surface area contributed by atoms with Gasteiger partial charge in [0.2, 0.25) is 5.78 Å². The maximum absolute atomic E-state index is 13.2. The highest BCUT2D eigenvalue weighted by atomic mass is 32.2. The second-order valence-corrected chi connectivity index (χ2v) is 10.0. The van der Waals surface area contributed by atoms with Crippen LogP contribution in [0.2, 0.25) is 0 Å². The van der Waals surface area contributed by atoms with Crippen LogP contribution in [0.5, 0.6) is 0 Å². The van der Waals surface area contributed by atoms with E-state index in [1.165, 1.54) is 16.2 Å². The molecule has 0 unspecified atom stereocenters. The number of benzene rings is 3. The molecule has 0 aliphatic carbocycles. The van der Waals surface area contributed by atoms with Crippen molar-refractivity contribution in [1.29, 1.82) is 5.26 Å². The Labute approximate surface area is 211 Å². The quantitative estimate of drug-likeness (QED) is 0.105. The van der Waals surface area contributed by atoms with Crippen molar-refractivity contribution in [2.24, 2.45) is 0 Å². The molecule has 0 radical (unpaired) electrons. The topological polar surface area (TPSA) is 71.6 Å². The number of rotatable bonds is 7. The molecule has 5 rings (SSSR count). The highest BCUT2D eigenvalue weighted by Gasteiger charge is 2.19. The first-order chi connectivity index (χ1) is 17.2. The van der Waals surface area contributed by atoms with Crippen LogP contribution in [-0.2, 0) is 0 Å². The first kappa shape index (κ1) is 22.8. The van der Waals surface area contributed by atoms with Crippen LogP contribution in [0.4, 0.5) is 0 Å². The Morgan fingerprint density at radius 3 is 2.51 bits per heavy atom. The van der Waals surface area contributed by atoms with E-state index in [9.17, 15) is 10.1 Å². The van der Waals surface area contributed by atoms with Crippen molar-refractivity contribution in [3.05, 3.63) is 101 Å². The summed E-state index contributed by atoms with van der Waals surface area (Å²) in [5.41, 5.74) is 3.97. The summed E-state index contributed by atoms with van der Waals surface area (Å²) in [4.78, 5) is 18.8. The monoisotopic (exact) mass is 492 g/mol. The first-order valence-electron chi connectivity index (χ1n) is 11.1. The molecule has 0 aliphatic heterocycles. The van der Waals surface area contributed by atoms with E-state index in [0.717, 1.165) is 27.2 Å². The molecule has 0 amide bonds. The van der Waals surface area contributed by atoms with E-state index in [4.69, 9.17) is 5.10 Å². The standard InChI is InChI=1S/C28H20N4OS2/c1-2-34-23-14-12-19(13-15-23)26-21(18-32(31-26)22-8-4-3-5-9-22)16-20(17-29)27(33)28-30-24-10-6-7-11-25(24)35-28/h3-16,18H,2H2,1H3. The largest absolute Gasteiger partial charge is 0.285 e. The summed E-state index contributed by atoms with van der Waals surface area (Å²) >= 11 is 3.06. The zero-order valence-corrected chi connectivity index (χ0v) is 20.5. The van der Waals surface area contributed by atoms with Gasteiger partial charge < -0.3 is 0 Å². The highest BCUT2D eigenvalue weighted by molar-refractivity contribution is 7.99. The molecule has 2 heterocycles. The summed E-state index contributed by atoms with van der Waals surface area (Å²) in [5.74, 6) is 0.608. The Hall–Kier alpha value is -3.99. The van der Waals surface area contributed by atoms with Gasteiger partial charge in [-0.1, -0.05) is 49.4 Å². The van der Waals surface area contributed by atoms with E-state index < -0.39 is 0 Å². The van der Waals surface area contributed by atoms with Crippen LogP contribution in [-0.4, -0.2) is 26.3 Å². The Balaban J connectivity index is 1.59. The number of fused-ring (bicyclic) bond motifs is 1. The molecule has 5 nitrogen and oxygen atoms in total. The molecule has 170 valence electrons. The van der Waals surface area contributed by atoms with Gasteiger partial charge in [-0.3, -0.25) is 4.79 Å². The molecule has 3 aromatic carbocycles. The number of carbonyl (C=O) groups is 1. The second-order valence-electron chi connectivity index (χ2n) is 7.66. The predicted octanol–water partition coefficient (Wildman–Crippen LogP) is 7.05. The van der Waals surface area contributed by atoms with Crippen molar-refractivity contribution in [3.8, 4) is 23.0 Å². The van der Waals surface area contributed by atoms with Gasteiger partial charge in [-0.05, 0) is 48.2 Å². The van der Waals surface area contributed by atoms with Gasteiger partial charge in [0.05, 0.1) is 21.6 Å². The number of aromatic nitrogens is 3. The van der Waals surface area contributed by atoms with Crippen LogP contribution in [0.3, 0.4) is 0 Å². The molecule has 0 aliphatic rings. The molecule has 7 heteroatoms. The maximum Gasteiger partial charge on any atom is 0.232 e. The molecule has 5 aromatic rings. The number of carbonyl (C=O) groups excluding carboxylic acids is 1. The zero-order valence-electron chi connectivity index (χ0n) is 18.9. The fourth-order valence-corrected chi connectivity index (χ4v) is 5.28. The Morgan fingerprint density at radius 1 is 1.06 bits per heavy atom. The maximum atomic E-state index is 13.2. The van der Waals surface area contributed by atoms with E-state index >= 15 is 0 Å². The van der Waals surface area contributed by atoms with Gasteiger partial charge in [-0.25, -0.2) is 9.67 Å². The molecule has 0 spiro atoms. The van der Waals surface area contributed by atoms with Crippen LogP contribution in [0, 0.1) is 11.3 Å². The van der Waals surface area contributed by atoms with Gasteiger partial charge >= 0.3 is 0 Å². The fourth-order valence-electron chi connectivity index (χ4n) is 3.69. The average molecular weight is 493 g/mol. The predicted molar refractivity (Wildman–Crippen MR) is 143 cm³/mol. The molecule has 0 atom stereocenters. The number of nitriles is 1. The number of para-hydroxylation sites is 2. The summed E-state index contributed by atoms with van der Waals surface area (Å²) in [7, 11) is 0. The molecule has 0 saturated carbocycles. The zero-order chi connectivity index (χ0) is 24.2. The van der Waals surface area contributed by atoms with Gasteiger partial charge in [0, 0.05) is 22.2 Å². The highest BCUT2D eigenvalue weighted by Crippen LogP contribution is 2.29. The summed E-state index contributed by atoms with van der Waals surface area (Å²) in [6.45, 7) is 2.12. The third kappa shape index (κ3) is 4.80. The SMILES string of the molecule is CCSc1ccc(-c2nn(-c3ccccc3)cc2C=C(C#N)C(=O)c2nc3ccccc3s2)cc1. The number of allylic oxidation sites excluding steroid dienone is 1. The number of thiazole rings is 1. The lowest BCUT2D eigenvalue weighted by atomic mass is 10.0. The van der Waals surface area contributed by atoms with E-state index in [1.54, 1.807) is 22.5 Å². The van der Waals surface area contributed by atoms with E-state index in [2.05, 4.69) is 30.1 Å². The van der Waals surface area contributed by atoms with E-state index in [1.807, 2.05) is 72.9 Å². The Morgan fingerprint density at radius 2 is 1.80 bits per heavy atom. The Kier molecular flexibility index (Phi) is 6.57. The van der Waals surface area contributed by atoms with Gasteiger partial charge in [0.1, 0.15) is 11.6 Å². The lowest BCUT2D eigenvalue weighted by Gasteiger charge is -2.03. The number of hydrogen-bond donors (Lipinski definition) is 0. The fraction of sp³-hybridized carbons (Fsp3) is 0.0714. The van der Waals surface area contributed by atoms with Crippen LogP contribution < -0.4 is 0 Å². The number of nitrogens with zero attached hydrogens (tertiary/aromatic N) is 4. The lowest BCUT2D eigenvalue weighted by molar-refractivity contribution is 0.104. The lowest BCUT2D eigenvalue weighted by Crippen LogP contribution is -2.01. The summed E-state index contributed by atoms with van der Waals surface area (Å²) in [5, 5.41) is 15.0. The molecule has 0 N–H and O–H groups in total. The van der Waals surface area contributed by atoms with Crippen molar-refractivity contribution in [2.75, 3.05) is 5.75 Å². The third-order valence-electron chi connectivity index (χ3n) is 5.36. The second kappa shape index (κ2) is 10.1. The van der Waals surface area contributed by atoms with Crippen molar-refractivity contribution >= 4 is 45.2 Å². The molecule has 0 fully saturated rings. The van der Waals surface area contributed by atoms with Crippen molar-refractivity contribution in [2.45, 2.75) is 11.8 Å². The summed E-state index contributed by atoms with van der Waals surface area (Å²) in [6, 6.07) is 27.6. The molecule has 35 heavy (non-hydrogen) atoms. The van der Waals surface area contributed by atoms with E-state index in [0.29, 0.717) is 16.3 Å². The minimum absolute atomic E-state index is 0.0241. The van der Waals surface area contributed by atoms with Crippen LogP contribution in [0.25, 0.3) is 33.2 Å². The summed E-state index contributed by atoms with van der Waals surface area (Å²) in [6.07, 6.45) is 3.47. The number of hydrogen-bond acceptors (Lipinski definition) is 6. The first-order valence-corrected chi connectivity index (χ1v) is 12.9. The molecular weight excluding hydrogens is 472 g/mol. The average Bonchev–Trinajstić information content (AvgIpc) is 3.53. The van der Waals surface area contributed by atoms with Crippen LogP contribution in [0.1, 0.15) is 22.3 Å². The molecular formula is C28H20N4OS2. The number of thioether (sulfide) groups is 1. The molecule has 2 aromatic heterocycles. The van der Waals surface area contributed by atoms with Crippen molar-refractivity contribution in [3.63, 3.8) is 0 Å². The van der Waals surface area contributed by atoms with Gasteiger partial charge in [-0.15, -0.1) is 23.1 Å². The number of ketones is 1. The van der Waals surface area contributed by atoms with Crippen molar-refractivity contribution in [1.82, 2.24) is 14.8 Å². The summed E-state index contributed by atoms with van der Waals surface area (Å²) < 4.78 is 2.68. The minimum Gasteiger partial charge on any atom is -0.285 e. The Bertz CT molecular complexity index is 1540. The normalized spacial score (nSPS) is 11.5.